The van der Waals surface area contributed by atoms with Gasteiger partial charge in [0.05, 0.1) is 23.2 Å². The standard InChI is InChI=1S/C29H19BrFN3O6S2/c1-39-20-12-16(10-17(30)24(20)35)23-22(25(36)21-11-14-6-3-5-9-19(14)40-21)26(37)27(38)34(23)28-32-33-29(42-28)41-13-15-7-2-4-8-18(15)31/h2-12,23,35,37H,13H2,1H3. The summed E-state index contributed by atoms with van der Waals surface area (Å²) in [6, 6.07) is 16.7. The first kappa shape index (κ1) is 27.9. The summed E-state index contributed by atoms with van der Waals surface area (Å²) in [5.74, 6) is -2.59. The highest BCUT2D eigenvalue weighted by molar-refractivity contribution is 9.10. The summed E-state index contributed by atoms with van der Waals surface area (Å²) in [5.41, 5.74) is 1.04. The summed E-state index contributed by atoms with van der Waals surface area (Å²) in [4.78, 5) is 28.6. The Labute approximate surface area is 254 Å². The van der Waals surface area contributed by atoms with E-state index in [4.69, 9.17) is 9.15 Å². The number of aromatic nitrogens is 2. The molecular weight excluding hydrogens is 649 g/mol. The number of thioether (sulfide) groups is 1. The average molecular weight is 669 g/mol. The Morgan fingerprint density at radius 2 is 1.90 bits per heavy atom. The Morgan fingerprint density at radius 1 is 1.14 bits per heavy atom. The molecule has 0 aliphatic carbocycles. The molecule has 9 nitrogen and oxygen atoms in total. The molecule has 0 saturated carbocycles. The molecule has 0 bridgehead atoms. The van der Waals surface area contributed by atoms with Gasteiger partial charge in [0.15, 0.2) is 27.4 Å². The largest absolute Gasteiger partial charge is 0.503 e. The van der Waals surface area contributed by atoms with Crippen molar-refractivity contribution >= 4 is 66.8 Å². The van der Waals surface area contributed by atoms with E-state index >= 15 is 0 Å². The van der Waals surface area contributed by atoms with Crippen LogP contribution in [-0.4, -0.2) is 39.2 Å². The number of rotatable bonds is 8. The molecule has 1 amide bonds. The predicted molar refractivity (Wildman–Crippen MR) is 159 cm³/mol. The molecule has 0 radical (unpaired) electrons. The number of aliphatic hydroxyl groups is 1. The van der Waals surface area contributed by atoms with E-state index in [0.29, 0.717) is 26.4 Å². The topological polar surface area (TPSA) is 126 Å². The van der Waals surface area contributed by atoms with Crippen molar-refractivity contribution < 1.29 is 33.3 Å². The summed E-state index contributed by atoms with van der Waals surface area (Å²) in [6.45, 7) is 0. The third-order valence-corrected chi connectivity index (χ3v) is 9.31. The van der Waals surface area contributed by atoms with Crippen molar-refractivity contribution in [2.45, 2.75) is 16.1 Å². The number of anilines is 1. The highest BCUT2D eigenvalue weighted by Crippen LogP contribution is 2.47. The molecule has 0 spiro atoms. The number of phenolic OH excluding ortho intramolecular Hbond substituents is 1. The van der Waals surface area contributed by atoms with Crippen LogP contribution in [-0.2, 0) is 10.5 Å². The lowest BCUT2D eigenvalue weighted by Gasteiger charge is -2.24. The number of hydrogen-bond donors (Lipinski definition) is 2. The Morgan fingerprint density at radius 3 is 2.67 bits per heavy atom. The number of halogens is 2. The number of methoxy groups -OCH3 is 1. The van der Waals surface area contributed by atoms with Gasteiger partial charge in [0.2, 0.25) is 10.9 Å². The van der Waals surface area contributed by atoms with Crippen LogP contribution in [0.25, 0.3) is 11.0 Å². The summed E-state index contributed by atoms with van der Waals surface area (Å²) in [5, 5.41) is 30.6. The number of fused-ring (bicyclic) bond motifs is 1. The number of hydrogen-bond acceptors (Lipinski definition) is 10. The lowest BCUT2D eigenvalue weighted by Crippen LogP contribution is -2.31. The fourth-order valence-corrected chi connectivity index (χ4v) is 6.91. The normalized spacial score (nSPS) is 15.2. The molecule has 1 aliphatic rings. The van der Waals surface area contributed by atoms with Gasteiger partial charge in [0.25, 0.3) is 5.91 Å². The van der Waals surface area contributed by atoms with E-state index in [-0.39, 0.29) is 44.0 Å². The van der Waals surface area contributed by atoms with Crippen molar-refractivity contribution in [1.29, 1.82) is 0 Å². The molecule has 2 N–H and O–H groups in total. The first-order valence-electron chi connectivity index (χ1n) is 12.3. The number of ether oxygens (including phenoxy) is 1. The van der Waals surface area contributed by atoms with Gasteiger partial charge in [-0.25, -0.2) is 4.39 Å². The Bertz CT molecular complexity index is 1870. The minimum absolute atomic E-state index is 0.0689. The van der Waals surface area contributed by atoms with Gasteiger partial charge in [0.1, 0.15) is 11.4 Å². The van der Waals surface area contributed by atoms with E-state index in [2.05, 4.69) is 26.1 Å². The molecule has 0 fully saturated rings. The summed E-state index contributed by atoms with van der Waals surface area (Å²) in [6.07, 6.45) is 0. The molecule has 13 heteroatoms. The van der Waals surface area contributed by atoms with E-state index < -0.39 is 23.5 Å². The zero-order chi connectivity index (χ0) is 29.5. The van der Waals surface area contributed by atoms with Crippen molar-refractivity contribution in [3.05, 3.63) is 105 Å². The number of ketones is 1. The van der Waals surface area contributed by atoms with Gasteiger partial charge in [-0.05, 0) is 57.4 Å². The van der Waals surface area contributed by atoms with E-state index in [9.17, 15) is 24.2 Å². The van der Waals surface area contributed by atoms with Crippen molar-refractivity contribution in [2.75, 3.05) is 12.0 Å². The second-order valence-corrected chi connectivity index (χ2v) is 12.1. The van der Waals surface area contributed by atoms with Gasteiger partial charge in [-0.3, -0.25) is 14.5 Å². The summed E-state index contributed by atoms with van der Waals surface area (Å²) >= 11 is 5.57. The third-order valence-electron chi connectivity index (χ3n) is 6.60. The molecular formula is C29H19BrFN3O6S2. The Kier molecular flexibility index (Phi) is 7.47. The number of amides is 1. The van der Waals surface area contributed by atoms with Crippen molar-refractivity contribution in [3.8, 4) is 11.5 Å². The lowest BCUT2D eigenvalue weighted by atomic mass is 9.95. The zero-order valence-corrected chi connectivity index (χ0v) is 24.8. The molecule has 212 valence electrons. The molecule has 5 aromatic rings. The van der Waals surface area contributed by atoms with E-state index in [1.165, 1.54) is 43.1 Å². The molecule has 0 saturated heterocycles. The smallest absolute Gasteiger partial charge is 0.296 e. The van der Waals surface area contributed by atoms with Crippen LogP contribution in [0.2, 0.25) is 0 Å². The van der Waals surface area contributed by atoms with Gasteiger partial charge >= 0.3 is 0 Å². The molecule has 42 heavy (non-hydrogen) atoms. The molecule has 1 aliphatic heterocycles. The minimum Gasteiger partial charge on any atom is -0.503 e. The zero-order valence-electron chi connectivity index (χ0n) is 21.6. The maximum absolute atomic E-state index is 14.1. The van der Waals surface area contributed by atoms with Crippen molar-refractivity contribution in [2.24, 2.45) is 0 Å². The highest BCUT2D eigenvalue weighted by Gasteiger charge is 2.47. The fourth-order valence-electron chi connectivity index (χ4n) is 4.60. The number of carbonyl (C=O) groups excluding carboxylic acids is 2. The molecule has 1 unspecified atom stereocenters. The number of carbonyl (C=O) groups is 2. The van der Waals surface area contributed by atoms with Crippen LogP contribution in [0.3, 0.4) is 0 Å². The second kappa shape index (κ2) is 11.2. The summed E-state index contributed by atoms with van der Waals surface area (Å²) < 4.78 is 25.9. The molecule has 3 aromatic carbocycles. The van der Waals surface area contributed by atoms with Crippen LogP contribution < -0.4 is 9.64 Å². The van der Waals surface area contributed by atoms with Gasteiger partial charge < -0.3 is 19.4 Å². The van der Waals surface area contributed by atoms with Crippen LogP contribution in [0.4, 0.5) is 9.52 Å². The van der Waals surface area contributed by atoms with E-state index in [1.807, 2.05) is 0 Å². The number of furan rings is 1. The van der Waals surface area contributed by atoms with Gasteiger partial charge in [-0.1, -0.05) is 59.5 Å². The number of Topliss-reactive ketones (excluding diaryl/α,β-unsaturated/α-hetero) is 1. The van der Waals surface area contributed by atoms with Gasteiger partial charge in [0, 0.05) is 11.1 Å². The third kappa shape index (κ3) is 4.93. The van der Waals surface area contributed by atoms with Gasteiger partial charge in [-0.2, -0.15) is 0 Å². The van der Waals surface area contributed by atoms with Crippen LogP contribution in [0.5, 0.6) is 11.5 Å². The van der Waals surface area contributed by atoms with Crippen LogP contribution in [0.15, 0.2) is 91.3 Å². The molecule has 3 heterocycles. The average Bonchev–Trinajstić information content (AvgIpc) is 3.70. The SMILES string of the molecule is COc1cc(C2C(C(=O)c3cc4ccccc4o3)=C(O)C(=O)N2c2nnc(SCc3ccccc3F)s2)cc(Br)c1O. The Balaban J connectivity index is 1.42. The first-order chi connectivity index (χ1) is 20.3. The number of phenols is 1. The molecule has 2 aromatic heterocycles. The second-order valence-electron chi connectivity index (χ2n) is 9.10. The fraction of sp³-hybridized carbons (Fsp3) is 0.103. The molecule has 6 rings (SSSR count). The quantitative estimate of drug-likeness (QED) is 0.102. The predicted octanol–water partition coefficient (Wildman–Crippen LogP) is 6.98. The number of para-hydroxylation sites is 1. The maximum atomic E-state index is 14.1. The van der Waals surface area contributed by atoms with Crippen LogP contribution in [0.1, 0.15) is 27.7 Å². The van der Waals surface area contributed by atoms with E-state index in [1.54, 1.807) is 42.5 Å². The number of nitrogens with zero attached hydrogens (tertiary/aromatic N) is 3. The Hall–Kier alpha value is -4.20. The highest BCUT2D eigenvalue weighted by atomic mass is 79.9. The maximum Gasteiger partial charge on any atom is 0.296 e. The summed E-state index contributed by atoms with van der Waals surface area (Å²) in [7, 11) is 1.36. The first-order valence-corrected chi connectivity index (χ1v) is 14.9. The van der Waals surface area contributed by atoms with Crippen LogP contribution in [0, 0.1) is 5.82 Å². The van der Waals surface area contributed by atoms with Crippen molar-refractivity contribution in [1.82, 2.24) is 10.2 Å². The van der Waals surface area contributed by atoms with Crippen molar-refractivity contribution in [3.63, 3.8) is 0 Å². The van der Waals surface area contributed by atoms with Crippen LogP contribution >= 0.6 is 39.0 Å². The number of aromatic hydroxyl groups is 1. The monoisotopic (exact) mass is 667 g/mol. The number of benzene rings is 3. The molecule has 1 atom stereocenters. The van der Waals surface area contributed by atoms with E-state index in [0.717, 1.165) is 16.2 Å². The van der Waals surface area contributed by atoms with Gasteiger partial charge in [-0.15, -0.1) is 10.2 Å². The number of aliphatic hydroxyl groups excluding tert-OH is 1. The minimum atomic E-state index is -1.18. The lowest BCUT2D eigenvalue weighted by molar-refractivity contribution is -0.117.